The summed E-state index contributed by atoms with van der Waals surface area (Å²) in [6.07, 6.45) is 2.16. The summed E-state index contributed by atoms with van der Waals surface area (Å²) < 4.78 is 5.74. The minimum absolute atomic E-state index is 0.0425. The predicted octanol–water partition coefficient (Wildman–Crippen LogP) is 1.11. The summed E-state index contributed by atoms with van der Waals surface area (Å²) in [6, 6.07) is 10.7. The Labute approximate surface area is 115 Å². The van der Waals surface area contributed by atoms with Gasteiger partial charge in [0.2, 0.25) is 5.56 Å². The summed E-state index contributed by atoms with van der Waals surface area (Å²) in [6.45, 7) is 0.437. The Kier molecular flexibility index (Phi) is 3.25. The summed E-state index contributed by atoms with van der Waals surface area (Å²) >= 11 is 0. The van der Waals surface area contributed by atoms with Crippen LogP contribution in [0.2, 0.25) is 0 Å². The topological polar surface area (TPSA) is 71.2 Å². The number of aromatic amines is 1. The number of aromatic nitrogens is 1. The fourth-order valence-electron chi connectivity index (χ4n) is 2.23. The Hall–Kier alpha value is -2.56. The number of nitrogens with one attached hydrogen (secondary N) is 2. The SMILES string of the molecule is O=C(NC[C@@H]1Cc2ccccc2O1)c1ccc(=O)[nH]c1. The number of hydrogen-bond acceptors (Lipinski definition) is 3. The maximum atomic E-state index is 11.9. The quantitative estimate of drug-likeness (QED) is 0.877. The van der Waals surface area contributed by atoms with Crippen LogP contribution in [0.15, 0.2) is 47.4 Å². The largest absolute Gasteiger partial charge is 0.488 e. The molecule has 0 unspecified atom stereocenters. The second-order valence-corrected chi connectivity index (χ2v) is 4.70. The molecule has 2 N–H and O–H groups in total. The molecule has 5 heteroatoms. The molecule has 0 saturated heterocycles. The summed E-state index contributed by atoms with van der Waals surface area (Å²) in [7, 11) is 0. The van der Waals surface area contributed by atoms with E-state index in [9.17, 15) is 9.59 Å². The molecular formula is C15H14N2O3. The molecule has 0 fully saturated rings. The molecule has 1 aliphatic heterocycles. The molecule has 0 spiro atoms. The fraction of sp³-hybridized carbons (Fsp3) is 0.200. The number of para-hydroxylation sites is 1. The van der Waals surface area contributed by atoms with Crippen molar-refractivity contribution in [2.45, 2.75) is 12.5 Å². The minimum atomic E-state index is -0.226. The standard InChI is InChI=1S/C15H14N2O3/c18-14-6-5-11(8-16-14)15(19)17-9-12-7-10-3-1-2-4-13(10)20-12/h1-6,8,12H,7,9H2,(H,16,18)(H,17,19)/t12-/m0/s1. The average molecular weight is 270 g/mol. The van der Waals surface area contributed by atoms with E-state index < -0.39 is 0 Å². The van der Waals surface area contributed by atoms with E-state index in [0.29, 0.717) is 12.1 Å². The molecule has 1 atom stereocenters. The maximum absolute atomic E-state index is 11.9. The van der Waals surface area contributed by atoms with E-state index in [-0.39, 0.29) is 17.6 Å². The molecule has 1 amide bonds. The van der Waals surface area contributed by atoms with Gasteiger partial charge in [0, 0.05) is 18.7 Å². The third-order valence-electron chi connectivity index (χ3n) is 3.25. The number of pyridine rings is 1. The van der Waals surface area contributed by atoms with E-state index in [2.05, 4.69) is 10.3 Å². The number of hydrogen-bond donors (Lipinski definition) is 2. The Morgan fingerprint density at radius 1 is 1.30 bits per heavy atom. The lowest BCUT2D eigenvalue weighted by molar-refractivity contribution is 0.0933. The molecule has 0 radical (unpaired) electrons. The minimum Gasteiger partial charge on any atom is -0.488 e. The van der Waals surface area contributed by atoms with Gasteiger partial charge in [0.1, 0.15) is 11.9 Å². The molecule has 3 rings (SSSR count). The molecule has 1 aliphatic rings. The van der Waals surface area contributed by atoms with E-state index >= 15 is 0 Å². The molecule has 1 aromatic heterocycles. The van der Waals surface area contributed by atoms with Gasteiger partial charge in [-0.1, -0.05) is 18.2 Å². The Bertz CT molecular complexity index is 648. The highest BCUT2D eigenvalue weighted by molar-refractivity contribution is 5.93. The van der Waals surface area contributed by atoms with Crippen LogP contribution in [0.25, 0.3) is 0 Å². The number of rotatable bonds is 3. The lowest BCUT2D eigenvalue weighted by Gasteiger charge is -2.11. The second-order valence-electron chi connectivity index (χ2n) is 4.70. The first-order valence-corrected chi connectivity index (χ1v) is 6.44. The Balaban J connectivity index is 1.57. The number of ether oxygens (including phenoxy) is 1. The smallest absolute Gasteiger partial charge is 0.252 e. The highest BCUT2D eigenvalue weighted by Crippen LogP contribution is 2.27. The van der Waals surface area contributed by atoms with E-state index in [4.69, 9.17) is 4.74 Å². The van der Waals surface area contributed by atoms with Gasteiger partial charge in [-0.2, -0.15) is 0 Å². The number of carbonyl (C=O) groups excluding carboxylic acids is 1. The summed E-state index contributed by atoms with van der Waals surface area (Å²) in [5.74, 6) is 0.664. The first-order valence-electron chi connectivity index (χ1n) is 6.44. The van der Waals surface area contributed by atoms with Crippen molar-refractivity contribution in [1.82, 2.24) is 10.3 Å². The highest BCUT2D eigenvalue weighted by atomic mass is 16.5. The van der Waals surface area contributed by atoms with Gasteiger partial charge in [-0.25, -0.2) is 0 Å². The first-order chi connectivity index (χ1) is 9.72. The van der Waals surface area contributed by atoms with Gasteiger partial charge < -0.3 is 15.0 Å². The molecule has 2 heterocycles. The molecule has 0 saturated carbocycles. The van der Waals surface area contributed by atoms with Crippen LogP contribution in [0.5, 0.6) is 5.75 Å². The van der Waals surface area contributed by atoms with Crippen LogP contribution in [0.4, 0.5) is 0 Å². The molecule has 1 aromatic carbocycles. The molecular weight excluding hydrogens is 256 g/mol. The monoisotopic (exact) mass is 270 g/mol. The van der Waals surface area contributed by atoms with E-state index in [1.807, 2.05) is 24.3 Å². The van der Waals surface area contributed by atoms with Crippen LogP contribution < -0.4 is 15.6 Å². The highest BCUT2D eigenvalue weighted by Gasteiger charge is 2.22. The normalized spacial score (nSPS) is 16.3. The zero-order chi connectivity index (χ0) is 13.9. The maximum Gasteiger partial charge on any atom is 0.252 e. The zero-order valence-corrected chi connectivity index (χ0v) is 10.8. The fourth-order valence-corrected chi connectivity index (χ4v) is 2.23. The number of benzene rings is 1. The lowest BCUT2D eigenvalue weighted by atomic mass is 10.1. The van der Waals surface area contributed by atoms with Gasteiger partial charge in [0.25, 0.3) is 5.91 Å². The number of carbonyl (C=O) groups is 1. The molecule has 102 valence electrons. The van der Waals surface area contributed by atoms with Gasteiger partial charge >= 0.3 is 0 Å². The van der Waals surface area contributed by atoms with Crippen LogP contribution >= 0.6 is 0 Å². The van der Waals surface area contributed by atoms with E-state index in [1.165, 1.54) is 18.3 Å². The average Bonchev–Trinajstić information content (AvgIpc) is 2.88. The molecule has 5 nitrogen and oxygen atoms in total. The van der Waals surface area contributed by atoms with Crippen LogP contribution in [0.1, 0.15) is 15.9 Å². The number of H-pyrrole nitrogens is 1. The van der Waals surface area contributed by atoms with E-state index in [1.54, 1.807) is 0 Å². The van der Waals surface area contributed by atoms with Gasteiger partial charge in [-0.3, -0.25) is 9.59 Å². The lowest BCUT2D eigenvalue weighted by Crippen LogP contribution is -2.34. The predicted molar refractivity (Wildman–Crippen MR) is 74.0 cm³/mol. The van der Waals surface area contributed by atoms with Crippen LogP contribution in [-0.4, -0.2) is 23.5 Å². The molecule has 0 aliphatic carbocycles. The number of amides is 1. The van der Waals surface area contributed by atoms with Gasteiger partial charge in [0.15, 0.2) is 0 Å². The van der Waals surface area contributed by atoms with Gasteiger partial charge in [-0.05, 0) is 17.7 Å². The summed E-state index contributed by atoms with van der Waals surface area (Å²) in [5, 5.41) is 2.81. The number of fused-ring (bicyclic) bond motifs is 1. The Morgan fingerprint density at radius 3 is 2.90 bits per heavy atom. The molecule has 0 bridgehead atoms. The van der Waals surface area contributed by atoms with Crippen molar-refractivity contribution in [2.24, 2.45) is 0 Å². The zero-order valence-electron chi connectivity index (χ0n) is 10.8. The summed E-state index contributed by atoms with van der Waals surface area (Å²) in [4.78, 5) is 25.3. The van der Waals surface area contributed by atoms with Crippen molar-refractivity contribution in [3.8, 4) is 5.75 Å². The summed E-state index contributed by atoms with van der Waals surface area (Å²) in [5.41, 5.74) is 1.37. The molecule has 2 aromatic rings. The van der Waals surface area contributed by atoms with Crippen molar-refractivity contribution < 1.29 is 9.53 Å². The second kappa shape index (κ2) is 5.21. The first kappa shape index (κ1) is 12.5. The van der Waals surface area contributed by atoms with E-state index in [0.717, 1.165) is 17.7 Å². The molecule has 20 heavy (non-hydrogen) atoms. The van der Waals surface area contributed by atoms with Gasteiger partial charge in [-0.15, -0.1) is 0 Å². The Morgan fingerprint density at radius 2 is 2.15 bits per heavy atom. The third kappa shape index (κ3) is 2.56. The van der Waals surface area contributed by atoms with Crippen LogP contribution in [0, 0.1) is 0 Å². The van der Waals surface area contributed by atoms with Crippen molar-refractivity contribution in [1.29, 1.82) is 0 Å². The van der Waals surface area contributed by atoms with Gasteiger partial charge in [0.05, 0.1) is 12.1 Å². The van der Waals surface area contributed by atoms with Crippen molar-refractivity contribution in [3.05, 3.63) is 64.1 Å². The van der Waals surface area contributed by atoms with Crippen molar-refractivity contribution in [2.75, 3.05) is 6.54 Å². The van der Waals surface area contributed by atoms with Crippen molar-refractivity contribution in [3.63, 3.8) is 0 Å². The van der Waals surface area contributed by atoms with Crippen LogP contribution in [0.3, 0.4) is 0 Å². The third-order valence-corrected chi connectivity index (χ3v) is 3.25. The van der Waals surface area contributed by atoms with Crippen molar-refractivity contribution >= 4 is 5.91 Å². The van der Waals surface area contributed by atoms with Crippen LogP contribution in [-0.2, 0) is 6.42 Å².